The van der Waals surface area contributed by atoms with Gasteiger partial charge in [-0.2, -0.15) is 0 Å². The molecule has 0 saturated heterocycles. The van der Waals surface area contributed by atoms with E-state index in [1.165, 1.54) is 0 Å². The standard InChI is InChI=1S/C15H15NO4/c17-14(16-13(15(18)19)9-5-6-9)11-7-10-3-1-2-4-12(10)20-8-11/h1-4,7,9,13H,5-6,8H2,(H,16,17)(H,18,19). The Morgan fingerprint density at radius 1 is 1.30 bits per heavy atom. The van der Waals surface area contributed by atoms with E-state index in [1.807, 2.05) is 24.3 Å². The Balaban J connectivity index is 1.75. The van der Waals surface area contributed by atoms with Crippen LogP contribution in [0.4, 0.5) is 0 Å². The number of benzene rings is 1. The van der Waals surface area contributed by atoms with Crippen molar-refractivity contribution in [1.82, 2.24) is 5.32 Å². The molecule has 1 fully saturated rings. The molecule has 2 aliphatic rings. The topological polar surface area (TPSA) is 75.6 Å². The molecule has 1 aromatic carbocycles. The molecule has 0 radical (unpaired) electrons. The fourth-order valence-electron chi connectivity index (χ4n) is 2.29. The number of fused-ring (bicyclic) bond motifs is 1. The monoisotopic (exact) mass is 273 g/mol. The molecule has 1 heterocycles. The van der Waals surface area contributed by atoms with Crippen molar-refractivity contribution in [3.05, 3.63) is 35.4 Å². The average molecular weight is 273 g/mol. The minimum Gasteiger partial charge on any atom is -0.488 e. The number of nitrogens with one attached hydrogen (secondary N) is 1. The Bertz CT molecular complexity index is 589. The molecule has 5 nitrogen and oxygen atoms in total. The van der Waals surface area contributed by atoms with Gasteiger partial charge < -0.3 is 15.2 Å². The number of hydrogen-bond acceptors (Lipinski definition) is 3. The molecule has 1 atom stereocenters. The van der Waals surface area contributed by atoms with Crippen LogP contribution in [-0.2, 0) is 9.59 Å². The van der Waals surface area contributed by atoms with Crippen molar-refractivity contribution < 1.29 is 19.4 Å². The molecule has 3 rings (SSSR count). The number of carbonyl (C=O) groups excluding carboxylic acids is 1. The van der Waals surface area contributed by atoms with Crippen LogP contribution in [0.2, 0.25) is 0 Å². The van der Waals surface area contributed by atoms with Gasteiger partial charge >= 0.3 is 5.97 Å². The number of hydrogen-bond donors (Lipinski definition) is 2. The molecule has 0 spiro atoms. The summed E-state index contributed by atoms with van der Waals surface area (Å²) in [6.45, 7) is 0.167. The molecule has 0 bridgehead atoms. The number of carboxylic acids is 1. The van der Waals surface area contributed by atoms with Crippen LogP contribution in [0, 0.1) is 5.92 Å². The van der Waals surface area contributed by atoms with Gasteiger partial charge in [0.1, 0.15) is 18.4 Å². The van der Waals surface area contributed by atoms with Crippen LogP contribution in [0.25, 0.3) is 6.08 Å². The van der Waals surface area contributed by atoms with E-state index in [0.29, 0.717) is 5.57 Å². The second-order valence-corrected chi connectivity index (χ2v) is 5.12. The van der Waals surface area contributed by atoms with E-state index in [2.05, 4.69) is 5.32 Å². The van der Waals surface area contributed by atoms with Crippen LogP contribution in [0.3, 0.4) is 0 Å². The van der Waals surface area contributed by atoms with Gasteiger partial charge in [-0.1, -0.05) is 18.2 Å². The van der Waals surface area contributed by atoms with Crippen molar-refractivity contribution in [3.63, 3.8) is 0 Å². The molecular formula is C15H15NO4. The van der Waals surface area contributed by atoms with Crippen molar-refractivity contribution in [3.8, 4) is 5.75 Å². The lowest BCUT2D eigenvalue weighted by molar-refractivity contribution is -0.142. The average Bonchev–Trinajstić information content (AvgIpc) is 3.28. The van der Waals surface area contributed by atoms with E-state index in [0.717, 1.165) is 24.2 Å². The molecule has 1 aliphatic heterocycles. The molecular weight excluding hydrogens is 258 g/mol. The predicted molar refractivity (Wildman–Crippen MR) is 72.2 cm³/mol. The summed E-state index contributed by atoms with van der Waals surface area (Å²) in [6.07, 6.45) is 3.46. The van der Waals surface area contributed by atoms with Gasteiger partial charge in [-0.25, -0.2) is 4.79 Å². The number of rotatable bonds is 4. The summed E-state index contributed by atoms with van der Waals surface area (Å²) >= 11 is 0. The summed E-state index contributed by atoms with van der Waals surface area (Å²) < 4.78 is 5.50. The van der Waals surface area contributed by atoms with Crippen molar-refractivity contribution in [2.24, 2.45) is 5.92 Å². The number of carboxylic acid groups (broad SMARTS) is 1. The minimum atomic E-state index is -0.974. The van der Waals surface area contributed by atoms with Crippen LogP contribution in [0.1, 0.15) is 18.4 Å². The van der Waals surface area contributed by atoms with Crippen LogP contribution in [0.5, 0.6) is 5.75 Å². The molecule has 5 heteroatoms. The van der Waals surface area contributed by atoms with Gasteiger partial charge in [0.2, 0.25) is 0 Å². The van der Waals surface area contributed by atoms with Gasteiger partial charge in [0.25, 0.3) is 5.91 Å². The molecule has 1 amide bonds. The molecule has 20 heavy (non-hydrogen) atoms. The lowest BCUT2D eigenvalue weighted by atomic mass is 10.1. The third-order valence-electron chi connectivity index (χ3n) is 3.57. The first kappa shape index (κ1) is 12.7. The van der Waals surface area contributed by atoms with E-state index in [1.54, 1.807) is 6.08 Å². The van der Waals surface area contributed by atoms with Gasteiger partial charge in [0.05, 0.1) is 5.57 Å². The maximum atomic E-state index is 12.1. The summed E-state index contributed by atoms with van der Waals surface area (Å²) in [4.78, 5) is 23.3. The second-order valence-electron chi connectivity index (χ2n) is 5.12. The first-order valence-electron chi connectivity index (χ1n) is 6.61. The Hall–Kier alpha value is -2.30. The largest absolute Gasteiger partial charge is 0.488 e. The molecule has 0 aromatic heterocycles. The fraction of sp³-hybridized carbons (Fsp3) is 0.333. The Morgan fingerprint density at radius 2 is 2.05 bits per heavy atom. The Morgan fingerprint density at radius 3 is 2.75 bits per heavy atom. The maximum absolute atomic E-state index is 12.1. The summed E-state index contributed by atoms with van der Waals surface area (Å²) in [7, 11) is 0. The van der Waals surface area contributed by atoms with Crippen molar-refractivity contribution in [2.75, 3.05) is 6.61 Å². The van der Waals surface area contributed by atoms with E-state index in [4.69, 9.17) is 9.84 Å². The Labute approximate surface area is 116 Å². The zero-order valence-corrected chi connectivity index (χ0v) is 10.8. The molecule has 2 N–H and O–H groups in total. The van der Waals surface area contributed by atoms with Crippen LogP contribution < -0.4 is 10.1 Å². The zero-order valence-electron chi connectivity index (χ0n) is 10.8. The third kappa shape index (κ3) is 2.52. The highest BCUT2D eigenvalue weighted by Gasteiger charge is 2.37. The smallest absolute Gasteiger partial charge is 0.326 e. The van der Waals surface area contributed by atoms with Gasteiger partial charge in [0.15, 0.2) is 0 Å². The van der Waals surface area contributed by atoms with Crippen molar-refractivity contribution >= 4 is 18.0 Å². The summed E-state index contributed by atoms with van der Waals surface area (Å²) in [5, 5.41) is 11.7. The predicted octanol–water partition coefficient (Wildman–Crippen LogP) is 1.44. The van der Waals surface area contributed by atoms with Crippen molar-refractivity contribution in [2.45, 2.75) is 18.9 Å². The van der Waals surface area contributed by atoms with E-state index < -0.39 is 12.0 Å². The highest BCUT2D eigenvalue weighted by atomic mass is 16.5. The number of para-hydroxylation sites is 1. The third-order valence-corrected chi connectivity index (χ3v) is 3.57. The van der Waals surface area contributed by atoms with E-state index in [9.17, 15) is 9.59 Å². The molecule has 1 aliphatic carbocycles. The number of carbonyl (C=O) groups is 2. The van der Waals surface area contributed by atoms with Gasteiger partial charge in [-0.3, -0.25) is 4.79 Å². The van der Waals surface area contributed by atoms with Gasteiger partial charge in [-0.15, -0.1) is 0 Å². The highest BCUT2D eigenvalue weighted by molar-refractivity contribution is 6.00. The summed E-state index contributed by atoms with van der Waals surface area (Å²) in [5.74, 6) is -0.535. The van der Waals surface area contributed by atoms with Crippen LogP contribution in [0.15, 0.2) is 29.8 Å². The highest BCUT2D eigenvalue weighted by Crippen LogP contribution is 2.33. The zero-order chi connectivity index (χ0) is 14.1. The van der Waals surface area contributed by atoms with Crippen LogP contribution >= 0.6 is 0 Å². The number of ether oxygens (including phenoxy) is 1. The quantitative estimate of drug-likeness (QED) is 0.870. The lowest BCUT2D eigenvalue weighted by Gasteiger charge is -2.19. The lowest BCUT2D eigenvalue weighted by Crippen LogP contribution is -2.43. The van der Waals surface area contributed by atoms with E-state index >= 15 is 0 Å². The first-order valence-corrected chi connectivity index (χ1v) is 6.61. The van der Waals surface area contributed by atoms with Gasteiger partial charge in [-0.05, 0) is 30.9 Å². The minimum absolute atomic E-state index is 0.0637. The fourth-order valence-corrected chi connectivity index (χ4v) is 2.29. The Kier molecular flexibility index (Phi) is 3.18. The maximum Gasteiger partial charge on any atom is 0.326 e. The second kappa shape index (κ2) is 5.00. The van der Waals surface area contributed by atoms with E-state index in [-0.39, 0.29) is 18.4 Å². The molecule has 1 saturated carbocycles. The van der Waals surface area contributed by atoms with Crippen molar-refractivity contribution in [1.29, 1.82) is 0 Å². The molecule has 1 unspecified atom stereocenters. The van der Waals surface area contributed by atoms with Crippen LogP contribution in [-0.4, -0.2) is 29.6 Å². The summed E-state index contributed by atoms with van der Waals surface area (Å²) in [6, 6.07) is 6.64. The summed E-state index contributed by atoms with van der Waals surface area (Å²) in [5.41, 5.74) is 1.29. The molecule has 1 aromatic rings. The SMILES string of the molecule is O=C(NC(C(=O)O)C1CC1)C1=Cc2ccccc2OC1. The first-order chi connectivity index (χ1) is 9.65. The molecule has 104 valence electrons. The number of amides is 1. The van der Waals surface area contributed by atoms with Gasteiger partial charge in [0, 0.05) is 5.56 Å². The normalized spacial score (nSPS) is 18.3. The number of aliphatic carboxylic acids is 1.